The maximum absolute atomic E-state index is 8.58. The second kappa shape index (κ2) is 13.6. The van der Waals surface area contributed by atoms with Crippen molar-refractivity contribution in [3.63, 3.8) is 0 Å². The summed E-state index contributed by atoms with van der Waals surface area (Å²) in [5.74, 6) is 2.58. The number of fused-ring (bicyclic) bond motifs is 3. The zero-order valence-electron chi connectivity index (χ0n) is 39.6. The Bertz CT molecular complexity index is 1820. The molecule has 0 saturated heterocycles. The molecule has 2 heterocycles. The first-order chi connectivity index (χ1) is 23.9. The minimum atomic E-state index is -3.56. The zero-order valence-corrected chi connectivity index (χ0v) is 51.8. The van der Waals surface area contributed by atoms with Crippen LogP contribution >= 0.6 is 0 Å². The molecule has 54 heavy (non-hydrogen) atoms. The van der Waals surface area contributed by atoms with Gasteiger partial charge in [0.1, 0.15) is 0 Å². The molecule has 2 nitrogen and oxygen atoms in total. The average Bonchev–Trinajstić information content (AvgIpc) is 3.34. The van der Waals surface area contributed by atoms with Crippen molar-refractivity contribution in [1.29, 1.82) is 0 Å². The Kier molecular flexibility index (Phi) is 11.5. The molecule has 3 aromatic rings. The fourth-order valence-corrected chi connectivity index (χ4v) is 167. The molecule has 0 fully saturated rings. The number of hydrogen-bond donors (Lipinski definition) is 0. The molecular formula is C42H82Ge2O2Si8. The van der Waals surface area contributed by atoms with Crippen LogP contribution < -0.4 is 16.3 Å². The normalized spacial score (nSPS) is 18.1. The van der Waals surface area contributed by atoms with E-state index in [-0.39, 0.29) is 0 Å². The van der Waals surface area contributed by atoms with Crippen LogP contribution in [0.4, 0.5) is 0 Å². The Morgan fingerprint density at radius 1 is 0.370 bits per heavy atom. The van der Waals surface area contributed by atoms with Gasteiger partial charge in [-0.15, -0.1) is 0 Å². The standard InChI is InChI=1S/C42H82Ge2O2Si8/c1-47(2,3)39(48(4,5)6)43(40(49(7,8)9)50(10,11)12)33-29-30-34-36-35(33)38(46-43)32-28-26-25-27-31(32)37(36)44(45-34,41(51(13,14)15)52(16,17)18)42(53(19,20)21)54(22,23)24/h25-30,39-42H,1-24H3. The van der Waals surface area contributed by atoms with Crippen molar-refractivity contribution in [2.24, 2.45) is 0 Å². The van der Waals surface area contributed by atoms with Crippen molar-refractivity contribution in [3.05, 3.63) is 36.4 Å². The minimum absolute atomic E-state index is 0.753. The van der Waals surface area contributed by atoms with Gasteiger partial charge in [0, 0.05) is 0 Å². The summed E-state index contributed by atoms with van der Waals surface area (Å²) in [7, 11) is -13.8. The van der Waals surface area contributed by atoms with Gasteiger partial charge in [0.2, 0.25) is 0 Å². The van der Waals surface area contributed by atoms with Gasteiger partial charge in [-0.1, -0.05) is 0 Å². The molecule has 0 spiro atoms. The van der Waals surface area contributed by atoms with E-state index in [1.807, 2.05) is 0 Å². The molecule has 0 amide bonds. The predicted octanol–water partition coefficient (Wildman–Crippen LogP) is 13.6. The third kappa shape index (κ3) is 7.29. The van der Waals surface area contributed by atoms with Crippen molar-refractivity contribution in [2.75, 3.05) is 0 Å². The summed E-state index contributed by atoms with van der Waals surface area (Å²) in [6, 6.07) is 15.1. The molecule has 0 saturated carbocycles. The van der Waals surface area contributed by atoms with E-state index in [2.05, 4.69) is 194 Å². The Labute approximate surface area is 347 Å². The number of benzene rings is 3. The van der Waals surface area contributed by atoms with Gasteiger partial charge in [0.05, 0.1) is 0 Å². The van der Waals surface area contributed by atoms with E-state index in [4.69, 9.17) is 7.53 Å². The second-order valence-corrected chi connectivity index (χ2v) is 95.6. The summed E-state index contributed by atoms with van der Waals surface area (Å²) < 4.78 is 23.6. The molecule has 0 bridgehead atoms. The Balaban J connectivity index is 2.17. The SMILES string of the molecule is C[Si](C)(C)[CH]([Si](C)(C)C)[Ge]1([CH]([Si](C)(C)C)[Si](C)(C)C)[O]c2c3ccccc3[c]3c4c(cc[c]1c24)[O][Ge]3([CH]([Si](C)(C)C)[Si](C)(C)C)[CH]([Si](C)(C)C)[Si](C)(C)C. The molecular weight excluding hydrogens is 906 g/mol. The van der Waals surface area contributed by atoms with Crippen LogP contribution in [-0.4, -0.2) is 91.8 Å². The molecule has 302 valence electrons. The first-order valence-electron chi connectivity index (χ1n) is 21.3. The summed E-state index contributed by atoms with van der Waals surface area (Å²) in [6.45, 7) is 65.6. The van der Waals surface area contributed by atoms with Gasteiger partial charge in [0.25, 0.3) is 0 Å². The predicted molar refractivity (Wildman–Crippen MR) is 275 cm³/mol. The summed E-state index contributed by atoms with van der Waals surface area (Å²) >= 11 is -7.06. The summed E-state index contributed by atoms with van der Waals surface area (Å²) in [4.78, 5) is 0. The monoisotopic (exact) mass is 990 g/mol. The van der Waals surface area contributed by atoms with Gasteiger partial charge in [0.15, 0.2) is 0 Å². The number of hydrogen-bond acceptors (Lipinski definition) is 2. The van der Waals surface area contributed by atoms with E-state index in [0.717, 1.165) is 16.0 Å². The van der Waals surface area contributed by atoms with Crippen molar-refractivity contribution in [1.82, 2.24) is 0 Å². The molecule has 0 radical (unpaired) electrons. The van der Waals surface area contributed by atoms with E-state index < -0.39 is 91.8 Å². The first kappa shape index (κ1) is 45.7. The van der Waals surface area contributed by atoms with E-state index in [0.29, 0.717) is 0 Å². The third-order valence-electron chi connectivity index (χ3n) is 13.1. The van der Waals surface area contributed by atoms with Gasteiger partial charge in [-0.25, -0.2) is 0 Å². The molecule has 2 aliphatic heterocycles. The summed E-state index contributed by atoms with van der Waals surface area (Å²) in [6.07, 6.45) is 0. The fraction of sp³-hybridized carbons (Fsp3) is 0.667. The topological polar surface area (TPSA) is 18.5 Å². The first-order valence-corrected chi connectivity index (χ1v) is 58.5. The Morgan fingerprint density at radius 3 is 1.06 bits per heavy atom. The quantitative estimate of drug-likeness (QED) is 0.133. The van der Waals surface area contributed by atoms with Crippen LogP contribution in [0, 0.1) is 0 Å². The maximum atomic E-state index is 8.58. The van der Waals surface area contributed by atoms with Crippen LogP contribution in [0.25, 0.3) is 21.5 Å². The van der Waals surface area contributed by atoms with E-state index in [9.17, 15) is 0 Å². The van der Waals surface area contributed by atoms with Gasteiger partial charge < -0.3 is 0 Å². The van der Waals surface area contributed by atoms with Crippen molar-refractivity contribution in [2.45, 2.75) is 173 Å². The molecule has 0 unspecified atom stereocenters. The number of rotatable bonds is 12. The molecule has 2 aliphatic rings. The van der Waals surface area contributed by atoms with E-state index >= 15 is 0 Å². The van der Waals surface area contributed by atoms with Gasteiger partial charge in [-0.3, -0.25) is 0 Å². The van der Waals surface area contributed by atoms with Crippen LogP contribution in [0.1, 0.15) is 0 Å². The van der Waals surface area contributed by atoms with Crippen LogP contribution in [0.15, 0.2) is 36.4 Å². The molecule has 0 aliphatic carbocycles. The molecule has 0 N–H and O–H groups in total. The van der Waals surface area contributed by atoms with E-state index in [1.54, 1.807) is 19.6 Å². The van der Waals surface area contributed by atoms with Crippen LogP contribution in [0.2, 0.25) is 173 Å². The fourth-order valence-electron chi connectivity index (χ4n) is 15.1. The molecule has 0 atom stereocenters. The van der Waals surface area contributed by atoms with E-state index in [1.165, 1.54) is 22.3 Å². The van der Waals surface area contributed by atoms with Crippen molar-refractivity contribution >= 4 is 122 Å². The molecule has 0 aromatic heterocycles. The third-order valence-corrected chi connectivity index (χ3v) is 124. The average molecular weight is 989 g/mol. The second-order valence-electron chi connectivity index (χ2n) is 26.6. The van der Waals surface area contributed by atoms with Crippen LogP contribution in [0.5, 0.6) is 11.5 Å². The Hall–Kier alpha value is 0.601. The van der Waals surface area contributed by atoms with Gasteiger partial charge in [-0.05, 0) is 0 Å². The molecule has 3 aromatic carbocycles. The van der Waals surface area contributed by atoms with Crippen molar-refractivity contribution in [3.8, 4) is 11.5 Å². The Morgan fingerprint density at radius 2 is 0.704 bits per heavy atom. The van der Waals surface area contributed by atoms with Gasteiger partial charge in [-0.2, -0.15) is 0 Å². The summed E-state index contributed by atoms with van der Waals surface area (Å²) in [5, 5.41) is 6.13. The van der Waals surface area contributed by atoms with Crippen LogP contribution in [-0.2, 0) is 0 Å². The van der Waals surface area contributed by atoms with Crippen molar-refractivity contribution < 1.29 is 7.53 Å². The molecule has 12 heteroatoms. The zero-order chi connectivity index (χ0) is 41.6. The summed E-state index contributed by atoms with van der Waals surface area (Å²) in [5.41, 5.74) is 0. The van der Waals surface area contributed by atoms with Gasteiger partial charge >= 0.3 is 351 Å². The van der Waals surface area contributed by atoms with Crippen LogP contribution in [0.3, 0.4) is 0 Å². The molecule has 5 rings (SSSR count).